The summed E-state index contributed by atoms with van der Waals surface area (Å²) in [5.74, 6) is 0.251. The number of hydrogen-bond donors (Lipinski definition) is 0. The number of esters is 1. The van der Waals surface area contributed by atoms with Gasteiger partial charge in [0.1, 0.15) is 5.69 Å². The third-order valence-corrected chi connectivity index (χ3v) is 5.89. The summed E-state index contributed by atoms with van der Waals surface area (Å²) in [7, 11) is 1.37. The zero-order valence-corrected chi connectivity index (χ0v) is 16.8. The van der Waals surface area contributed by atoms with Crippen LogP contribution in [0.15, 0.2) is 18.2 Å². The van der Waals surface area contributed by atoms with E-state index in [1.807, 2.05) is 19.1 Å². The van der Waals surface area contributed by atoms with Crippen molar-refractivity contribution >= 4 is 17.3 Å². The van der Waals surface area contributed by atoms with Crippen molar-refractivity contribution in [3.8, 4) is 0 Å². The maximum atomic E-state index is 11.9. The molecule has 28 heavy (non-hydrogen) atoms. The van der Waals surface area contributed by atoms with Gasteiger partial charge in [0.05, 0.1) is 18.5 Å². The number of nitro benzene ring substituents is 1. The molecule has 7 nitrogen and oxygen atoms in total. The summed E-state index contributed by atoms with van der Waals surface area (Å²) >= 11 is 0. The Hall–Kier alpha value is -2.15. The Morgan fingerprint density at radius 3 is 2.61 bits per heavy atom. The second-order valence-electron chi connectivity index (χ2n) is 7.83. The largest absolute Gasteiger partial charge is 0.469 e. The Labute approximate surface area is 166 Å². The average molecular weight is 390 g/mol. The van der Waals surface area contributed by atoms with Crippen molar-refractivity contribution in [3.63, 3.8) is 0 Å². The van der Waals surface area contributed by atoms with Crippen molar-refractivity contribution in [3.05, 3.63) is 33.9 Å². The summed E-state index contributed by atoms with van der Waals surface area (Å²) in [5, 5.41) is 11.9. The maximum Gasteiger partial charge on any atom is 0.306 e. The number of methoxy groups -OCH3 is 1. The predicted molar refractivity (Wildman–Crippen MR) is 107 cm³/mol. The van der Waals surface area contributed by atoms with Crippen LogP contribution in [0.3, 0.4) is 0 Å². The molecular weight excluding hydrogens is 360 g/mol. The fourth-order valence-electron chi connectivity index (χ4n) is 3.99. The van der Waals surface area contributed by atoms with Gasteiger partial charge in [0, 0.05) is 31.9 Å². The summed E-state index contributed by atoms with van der Waals surface area (Å²) in [6, 6.07) is 5.76. The van der Waals surface area contributed by atoms with Crippen LogP contribution in [0.2, 0.25) is 0 Å². The Morgan fingerprint density at radius 2 is 2.04 bits per heavy atom. The summed E-state index contributed by atoms with van der Waals surface area (Å²) in [4.78, 5) is 25.6. The molecule has 2 aliphatic rings. The number of nitro groups is 1. The van der Waals surface area contributed by atoms with Crippen molar-refractivity contribution in [2.24, 2.45) is 5.92 Å². The third kappa shape index (κ3) is 5.01. The lowest BCUT2D eigenvalue weighted by Crippen LogP contribution is -2.41. The molecule has 2 fully saturated rings. The number of anilines is 1. The molecule has 1 aromatic rings. The number of carbonyl (C=O) groups excluding carboxylic acids is 1. The van der Waals surface area contributed by atoms with E-state index in [9.17, 15) is 14.9 Å². The van der Waals surface area contributed by atoms with Crippen molar-refractivity contribution in [2.45, 2.75) is 57.4 Å². The van der Waals surface area contributed by atoms with Gasteiger partial charge in [-0.25, -0.2) is 0 Å². The van der Waals surface area contributed by atoms with E-state index in [4.69, 9.17) is 9.47 Å². The van der Waals surface area contributed by atoms with E-state index in [-0.39, 0.29) is 35.0 Å². The van der Waals surface area contributed by atoms with Crippen molar-refractivity contribution in [1.82, 2.24) is 0 Å². The van der Waals surface area contributed by atoms with Crippen LogP contribution in [-0.2, 0) is 14.3 Å². The number of rotatable bonds is 9. The molecule has 1 aliphatic heterocycles. The highest BCUT2D eigenvalue weighted by Gasteiger charge is 2.33. The first-order valence-electron chi connectivity index (χ1n) is 10.2. The van der Waals surface area contributed by atoms with Crippen LogP contribution in [0.5, 0.6) is 0 Å². The molecule has 0 bridgehead atoms. The smallest absolute Gasteiger partial charge is 0.306 e. The summed E-state index contributed by atoms with van der Waals surface area (Å²) in [6.45, 7) is 4.25. The van der Waals surface area contributed by atoms with E-state index in [0.717, 1.165) is 31.4 Å². The number of carbonyl (C=O) groups is 1. The first-order valence-corrected chi connectivity index (χ1v) is 10.2. The van der Waals surface area contributed by atoms with Gasteiger partial charge >= 0.3 is 5.97 Å². The summed E-state index contributed by atoms with van der Waals surface area (Å²) in [6.07, 6.45) is 5.13. The van der Waals surface area contributed by atoms with Gasteiger partial charge in [-0.3, -0.25) is 14.9 Å². The van der Waals surface area contributed by atoms with Crippen LogP contribution >= 0.6 is 0 Å². The minimum atomic E-state index is -0.295. The van der Waals surface area contributed by atoms with E-state index >= 15 is 0 Å². The number of benzene rings is 1. The maximum absolute atomic E-state index is 11.9. The van der Waals surface area contributed by atoms with Gasteiger partial charge in [-0.1, -0.05) is 13.0 Å². The van der Waals surface area contributed by atoms with Crippen molar-refractivity contribution in [2.75, 3.05) is 31.8 Å². The predicted octanol–water partition coefficient (Wildman–Crippen LogP) is 4.05. The lowest BCUT2D eigenvalue weighted by molar-refractivity contribution is -0.384. The quantitative estimate of drug-likeness (QED) is 0.359. The van der Waals surface area contributed by atoms with E-state index in [1.165, 1.54) is 20.0 Å². The highest BCUT2D eigenvalue weighted by atomic mass is 16.6. The Balaban J connectivity index is 1.91. The average Bonchev–Trinajstić information content (AvgIpc) is 3.54. The Bertz CT molecular complexity index is 698. The molecule has 0 amide bonds. The van der Waals surface area contributed by atoms with E-state index in [0.29, 0.717) is 24.8 Å². The molecule has 1 heterocycles. The fraction of sp³-hybridized carbons (Fsp3) is 0.667. The van der Waals surface area contributed by atoms with Crippen molar-refractivity contribution in [1.29, 1.82) is 0 Å². The highest BCUT2D eigenvalue weighted by molar-refractivity contribution is 5.71. The first kappa shape index (κ1) is 20.6. The van der Waals surface area contributed by atoms with E-state index in [2.05, 4.69) is 4.90 Å². The standard InChI is InChI=1S/C21H30N2O5/c1-3-16(13-21(24)27-2)17-6-7-19(20(12-17)23(25)26)22(14-15-4-5-15)18-8-10-28-11-9-18/h6-7,12,15-16,18H,3-5,8-11,13-14H2,1-2H3. The van der Waals surface area contributed by atoms with Crippen molar-refractivity contribution < 1.29 is 19.2 Å². The van der Waals surface area contributed by atoms with Crippen LogP contribution < -0.4 is 4.90 Å². The zero-order chi connectivity index (χ0) is 20.1. The minimum absolute atomic E-state index is 0.0832. The molecule has 1 aromatic carbocycles. The van der Waals surface area contributed by atoms with Gasteiger partial charge in [-0.15, -0.1) is 0 Å². The molecule has 1 saturated heterocycles. The minimum Gasteiger partial charge on any atom is -0.469 e. The van der Waals surface area contributed by atoms with Crippen LogP contribution in [0.25, 0.3) is 0 Å². The molecule has 1 saturated carbocycles. The van der Waals surface area contributed by atoms with Crippen LogP contribution in [0, 0.1) is 16.0 Å². The lowest BCUT2D eigenvalue weighted by Gasteiger charge is -2.36. The molecule has 0 spiro atoms. The van der Waals surface area contributed by atoms with Gasteiger partial charge in [-0.2, -0.15) is 0 Å². The second kappa shape index (κ2) is 9.37. The van der Waals surface area contributed by atoms with E-state index < -0.39 is 0 Å². The molecule has 3 rings (SSSR count). The third-order valence-electron chi connectivity index (χ3n) is 5.89. The van der Waals surface area contributed by atoms with Gasteiger partial charge < -0.3 is 14.4 Å². The normalized spacial score (nSPS) is 18.5. The van der Waals surface area contributed by atoms with Crippen LogP contribution in [0.4, 0.5) is 11.4 Å². The van der Waals surface area contributed by atoms with Crippen LogP contribution in [-0.4, -0.2) is 43.8 Å². The monoisotopic (exact) mass is 390 g/mol. The first-order chi connectivity index (χ1) is 13.5. The van der Waals surface area contributed by atoms with Gasteiger partial charge in [-0.05, 0) is 55.6 Å². The molecule has 7 heteroatoms. The van der Waals surface area contributed by atoms with Gasteiger partial charge in [0.25, 0.3) is 5.69 Å². The second-order valence-corrected chi connectivity index (χ2v) is 7.83. The SMILES string of the molecule is CCC(CC(=O)OC)c1ccc(N(CC2CC2)C2CCOCC2)c([N+](=O)[O-])c1. The molecule has 1 atom stereocenters. The van der Waals surface area contributed by atoms with Crippen LogP contribution in [0.1, 0.15) is 56.9 Å². The highest BCUT2D eigenvalue weighted by Crippen LogP contribution is 2.39. The Kier molecular flexibility index (Phi) is 6.88. The molecule has 1 unspecified atom stereocenters. The lowest BCUT2D eigenvalue weighted by atomic mass is 9.92. The summed E-state index contributed by atoms with van der Waals surface area (Å²) in [5.41, 5.74) is 1.65. The Morgan fingerprint density at radius 1 is 1.32 bits per heavy atom. The van der Waals surface area contributed by atoms with Gasteiger partial charge in [0.15, 0.2) is 0 Å². The van der Waals surface area contributed by atoms with E-state index in [1.54, 1.807) is 6.07 Å². The number of hydrogen-bond acceptors (Lipinski definition) is 6. The molecule has 154 valence electrons. The number of ether oxygens (including phenoxy) is 2. The molecule has 0 radical (unpaired) electrons. The summed E-state index contributed by atoms with van der Waals surface area (Å²) < 4.78 is 10.3. The fourth-order valence-corrected chi connectivity index (χ4v) is 3.99. The molecule has 0 aromatic heterocycles. The number of nitrogens with zero attached hydrogens (tertiary/aromatic N) is 2. The molecule has 1 aliphatic carbocycles. The van der Waals surface area contributed by atoms with Gasteiger partial charge in [0.2, 0.25) is 0 Å². The topological polar surface area (TPSA) is 81.9 Å². The molecule has 0 N–H and O–H groups in total. The molecular formula is C21H30N2O5. The zero-order valence-electron chi connectivity index (χ0n) is 16.8.